The monoisotopic (exact) mass is 448 g/mol. The smallest absolute Gasteiger partial charge is 0.270 e. The van der Waals surface area contributed by atoms with Crippen LogP contribution < -0.4 is 14.8 Å². The van der Waals surface area contributed by atoms with Gasteiger partial charge in [-0.25, -0.2) is 0 Å². The van der Waals surface area contributed by atoms with E-state index in [4.69, 9.17) is 9.47 Å². The maximum absolute atomic E-state index is 13.3. The van der Waals surface area contributed by atoms with Crippen molar-refractivity contribution in [3.63, 3.8) is 0 Å². The van der Waals surface area contributed by atoms with Gasteiger partial charge in [0.05, 0.1) is 32.0 Å². The van der Waals surface area contributed by atoms with E-state index in [-0.39, 0.29) is 17.7 Å². The van der Waals surface area contributed by atoms with Crippen LogP contribution in [0, 0.1) is 5.92 Å². The number of methoxy groups -OCH3 is 2. The molecular weight excluding hydrogens is 420 g/mol. The molecule has 0 bridgehead atoms. The molecule has 1 aliphatic rings. The molecule has 1 unspecified atom stereocenters. The fourth-order valence-corrected chi connectivity index (χ4v) is 4.16. The minimum Gasteiger partial charge on any atom is -0.497 e. The van der Waals surface area contributed by atoms with Crippen LogP contribution in [0.4, 0.5) is 0 Å². The predicted molar refractivity (Wildman–Crippen MR) is 124 cm³/mol. The van der Waals surface area contributed by atoms with Gasteiger partial charge in [0.25, 0.3) is 5.91 Å². The highest BCUT2D eigenvalue weighted by Crippen LogP contribution is 2.25. The van der Waals surface area contributed by atoms with E-state index in [1.807, 2.05) is 47.2 Å². The van der Waals surface area contributed by atoms with Crippen molar-refractivity contribution >= 4 is 11.8 Å². The standard InChI is InChI=1S/C25H28N4O4/c1-32-21-9-10-23(33-2)19(14-21)15-27-24(30)18-6-4-12-28(17-18)25(31)22-8-5-13-29(22)20-7-3-11-26-16-20/h3,5,7-11,13-14,16,18H,4,6,12,15,17H2,1-2H3,(H,27,30). The molecule has 172 valence electrons. The molecule has 1 atom stereocenters. The molecule has 1 aliphatic heterocycles. The highest BCUT2D eigenvalue weighted by Gasteiger charge is 2.30. The third-order valence-electron chi connectivity index (χ3n) is 5.91. The number of aromatic nitrogens is 2. The van der Waals surface area contributed by atoms with Gasteiger partial charge in [0.1, 0.15) is 17.2 Å². The number of hydrogen-bond acceptors (Lipinski definition) is 5. The average molecular weight is 449 g/mol. The summed E-state index contributed by atoms with van der Waals surface area (Å²) in [6.45, 7) is 1.34. The maximum atomic E-state index is 13.3. The Hall–Kier alpha value is -3.81. The minimum absolute atomic E-state index is 0.0694. The Kier molecular flexibility index (Phi) is 6.92. The molecule has 3 aromatic rings. The molecular formula is C25H28N4O4. The van der Waals surface area contributed by atoms with E-state index >= 15 is 0 Å². The molecule has 0 spiro atoms. The number of nitrogens with one attached hydrogen (secondary N) is 1. The van der Waals surface area contributed by atoms with Crippen molar-refractivity contribution in [2.75, 3.05) is 27.3 Å². The van der Waals surface area contributed by atoms with Gasteiger partial charge in [-0.2, -0.15) is 0 Å². The largest absolute Gasteiger partial charge is 0.497 e. The Morgan fingerprint density at radius 1 is 1.15 bits per heavy atom. The first kappa shape index (κ1) is 22.4. The van der Waals surface area contributed by atoms with E-state index in [0.717, 1.165) is 24.1 Å². The van der Waals surface area contributed by atoms with E-state index in [1.54, 1.807) is 37.6 Å². The van der Waals surface area contributed by atoms with Crippen molar-refractivity contribution in [1.29, 1.82) is 0 Å². The molecule has 1 saturated heterocycles. The van der Waals surface area contributed by atoms with Gasteiger partial charge in [0, 0.05) is 37.6 Å². The maximum Gasteiger partial charge on any atom is 0.270 e. The molecule has 1 N–H and O–H groups in total. The molecule has 1 aromatic carbocycles. The Balaban J connectivity index is 1.42. The molecule has 33 heavy (non-hydrogen) atoms. The normalized spacial score (nSPS) is 15.7. The Morgan fingerprint density at radius 2 is 2.03 bits per heavy atom. The molecule has 2 aromatic heterocycles. The first-order valence-corrected chi connectivity index (χ1v) is 11.0. The second-order valence-electron chi connectivity index (χ2n) is 7.96. The SMILES string of the molecule is COc1ccc(OC)c(CNC(=O)C2CCCN(C(=O)c3cccn3-c3cccnc3)C2)c1. The third-order valence-corrected chi connectivity index (χ3v) is 5.91. The van der Waals surface area contributed by atoms with Crippen molar-refractivity contribution in [3.8, 4) is 17.2 Å². The number of likely N-dealkylation sites (tertiary alicyclic amines) is 1. The van der Waals surface area contributed by atoms with Gasteiger partial charge in [-0.1, -0.05) is 0 Å². The Labute approximate surface area is 193 Å². The lowest BCUT2D eigenvalue weighted by atomic mass is 9.96. The molecule has 3 heterocycles. The van der Waals surface area contributed by atoms with Gasteiger partial charge in [0.15, 0.2) is 0 Å². The average Bonchev–Trinajstić information content (AvgIpc) is 3.37. The highest BCUT2D eigenvalue weighted by atomic mass is 16.5. The van der Waals surface area contributed by atoms with Crippen LogP contribution in [0.1, 0.15) is 28.9 Å². The van der Waals surface area contributed by atoms with Crippen molar-refractivity contribution in [2.45, 2.75) is 19.4 Å². The van der Waals surface area contributed by atoms with Crippen molar-refractivity contribution in [1.82, 2.24) is 19.8 Å². The van der Waals surface area contributed by atoms with E-state index in [1.165, 1.54) is 0 Å². The van der Waals surface area contributed by atoms with Crippen molar-refractivity contribution < 1.29 is 19.1 Å². The van der Waals surface area contributed by atoms with Gasteiger partial charge < -0.3 is 24.3 Å². The Bertz CT molecular complexity index is 1110. The fraction of sp³-hybridized carbons (Fsp3) is 0.320. The number of rotatable bonds is 7. The van der Waals surface area contributed by atoms with Crippen LogP contribution in [0.2, 0.25) is 0 Å². The lowest BCUT2D eigenvalue weighted by molar-refractivity contribution is -0.126. The molecule has 0 aliphatic carbocycles. The lowest BCUT2D eigenvalue weighted by Gasteiger charge is -2.32. The molecule has 1 fully saturated rings. The number of carbonyl (C=O) groups is 2. The zero-order valence-corrected chi connectivity index (χ0v) is 18.9. The highest BCUT2D eigenvalue weighted by molar-refractivity contribution is 5.94. The predicted octanol–water partition coefficient (Wildman–Crippen LogP) is 3.06. The van der Waals surface area contributed by atoms with Crippen LogP contribution in [0.3, 0.4) is 0 Å². The summed E-state index contributed by atoms with van der Waals surface area (Å²) in [5.74, 6) is 0.968. The number of pyridine rings is 1. The summed E-state index contributed by atoms with van der Waals surface area (Å²) in [7, 11) is 3.20. The first-order valence-electron chi connectivity index (χ1n) is 11.0. The summed E-state index contributed by atoms with van der Waals surface area (Å²) in [6, 6.07) is 12.9. The third kappa shape index (κ3) is 5.00. The van der Waals surface area contributed by atoms with Crippen LogP contribution in [-0.2, 0) is 11.3 Å². The number of piperidine rings is 1. The number of amides is 2. The summed E-state index contributed by atoms with van der Waals surface area (Å²) < 4.78 is 12.5. The van der Waals surface area contributed by atoms with Gasteiger partial charge in [-0.3, -0.25) is 14.6 Å². The number of benzene rings is 1. The van der Waals surface area contributed by atoms with Crippen LogP contribution in [0.5, 0.6) is 11.5 Å². The molecule has 8 nitrogen and oxygen atoms in total. The Morgan fingerprint density at radius 3 is 2.79 bits per heavy atom. The summed E-state index contributed by atoms with van der Waals surface area (Å²) >= 11 is 0. The number of nitrogens with zero attached hydrogens (tertiary/aromatic N) is 3. The number of ether oxygens (including phenoxy) is 2. The first-order chi connectivity index (χ1) is 16.1. The van der Waals surface area contributed by atoms with Crippen LogP contribution in [0.15, 0.2) is 61.1 Å². The van der Waals surface area contributed by atoms with E-state index in [0.29, 0.717) is 36.8 Å². The second-order valence-corrected chi connectivity index (χ2v) is 7.96. The van der Waals surface area contributed by atoms with Gasteiger partial charge in [-0.05, 0) is 55.3 Å². The van der Waals surface area contributed by atoms with Gasteiger partial charge in [0.2, 0.25) is 5.91 Å². The lowest BCUT2D eigenvalue weighted by Crippen LogP contribution is -2.45. The van der Waals surface area contributed by atoms with E-state index in [9.17, 15) is 9.59 Å². The quantitative estimate of drug-likeness (QED) is 0.601. The zero-order chi connectivity index (χ0) is 23.2. The topological polar surface area (TPSA) is 85.7 Å². The van der Waals surface area contributed by atoms with Crippen LogP contribution in [-0.4, -0.2) is 53.6 Å². The van der Waals surface area contributed by atoms with Crippen LogP contribution in [0.25, 0.3) is 5.69 Å². The molecule has 2 amide bonds. The minimum atomic E-state index is -0.263. The molecule has 0 radical (unpaired) electrons. The molecule has 4 rings (SSSR count). The van der Waals surface area contributed by atoms with Crippen LogP contribution >= 0.6 is 0 Å². The number of carbonyl (C=O) groups excluding carboxylic acids is 2. The van der Waals surface area contributed by atoms with Crippen molar-refractivity contribution in [2.24, 2.45) is 5.92 Å². The second kappa shape index (κ2) is 10.2. The van der Waals surface area contributed by atoms with E-state index < -0.39 is 0 Å². The van der Waals surface area contributed by atoms with E-state index in [2.05, 4.69) is 10.3 Å². The summed E-state index contributed by atoms with van der Waals surface area (Å²) in [4.78, 5) is 32.1. The van der Waals surface area contributed by atoms with Gasteiger partial charge in [-0.15, -0.1) is 0 Å². The number of hydrogen-bond donors (Lipinski definition) is 1. The molecule has 0 saturated carbocycles. The van der Waals surface area contributed by atoms with Crippen molar-refractivity contribution in [3.05, 3.63) is 72.3 Å². The zero-order valence-electron chi connectivity index (χ0n) is 18.9. The molecule has 8 heteroatoms. The summed E-state index contributed by atoms with van der Waals surface area (Å²) in [5.41, 5.74) is 2.22. The fourth-order valence-electron chi connectivity index (χ4n) is 4.16. The summed E-state index contributed by atoms with van der Waals surface area (Å²) in [6.07, 6.45) is 6.79. The van der Waals surface area contributed by atoms with Gasteiger partial charge >= 0.3 is 0 Å². The summed E-state index contributed by atoms with van der Waals surface area (Å²) in [5, 5.41) is 3.00.